The monoisotopic (exact) mass is 273 g/mol. The van der Waals surface area contributed by atoms with Crippen molar-refractivity contribution in [2.75, 3.05) is 13.2 Å². The molecule has 1 aliphatic rings. The molecule has 0 aromatic heterocycles. The fraction of sp³-hybridized carbons (Fsp3) is 1.00. The summed E-state index contributed by atoms with van der Waals surface area (Å²) < 4.78 is 5.64. The van der Waals surface area contributed by atoms with Crippen molar-refractivity contribution in [3.05, 3.63) is 0 Å². The van der Waals surface area contributed by atoms with Crippen LogP contribution in [0.1, 0.15) is 6.92 Å². The maximum Gasteiger partial charge on any atom is 0.0495 e. The summed E-state index contributed by atoms with van der Waals surface area (Å²) in [5.41, 5.74) is 0. The van der Waals surface area contributed by atoms with E-state index < -0.39 is 15.2 Å². The van der Waals surface area contributed by atoms with Crippen LogP contribution in [0.15, 0.2) is 0 Å². The molecule has 2 atom stereocenters. The van der Waals surface area contributed by atoms with Gasteiger partial charge in [0.2, 0.25) is 0 Å². The van der Waals surface area contributed by atoms with Crippen molar-refractivity contribution >= 4 is 23.0 Å². The Morgan fingerprint density at radius 3 is 1.81 bits per heavy atom. The Bertz CT molecular complexity index is 215. The average Bonchev–Trinajstić information content (AvgIpc) is 2.42. The molecule has 16 heavy (non-hydrogen) atoms. The molecule has 1 nitrogen and oxygen atoms in total. The molecule has 0 aromatic rings. The molecule has 0 N–H and O–H groups in total. The minimum Gasteiger partial charge on any atom is -0.381 e. The third-order valence-electron chi connectivity index (χ3n) is 3.79. The van der Waals surface area contributed by atoms with Gasteiger partial charge in [0.15, 0.2) is 0 Å². The molecule has 1 rings (SSSR count). The van der Waals surface area contributed by atoms with E-state index in [1.165, 1.54) is 6.04 Å². The summed E-state index contributed by atoms with van der Waals surface area (Å²) >= 11 is 0. The Morgan fingerprint density at radius 1 is 1.00 bits per heavy atom. The molecule has 1 saturated heterocycles. The number of ether oxygens (including phenoxy) is 1. The van der Waals surface area contributed by atoms with Crippen molar-refractivity contribution in [1.82, 2.24) is 0 Å². The molecule has 1 unspecified atom stereocenters. The topological polar surface area (TPSA) is 9.23 Å². The highest BCUT2D eigenvalue weighted by molar-refractivity contribution is 7.60. The molecular formula is C12H29OSi3. The summed E-state index contributed by atoms with van der Waals surface area (Å²) in [5, 5.41) is 0. The van der Waals surface area contributed by atoms with Crippen LogP contribution in [0.4, 0.5) is 0 Å². The van der Waals surface area contributed by atoms with E-state index in [-0.39, 0.29) is 7.83 Å². The molecule has 0 aliphatic carbocycles. The van der Waals surface area contributed by atoms with Crippen molar-refractivity contribution in [2.45, 2.75) is 52.2 Å². The van der Waals surface area contributed by atoms with Crippen LogP contribution >= 0.6 is 0 Å². The van der Waals surface area contributed by atoms with Gasteiger partial charge in [-0.2, -0.15) is 0 Å². The van der Waals surface area contributed by atoms with Gasteiger partial charge in [0.1, 0.15) is 0 Å². The van der Waals surface area contributed by atoms with Crippen molar-refractivity contribution < 1.29 is 4.74 Å². The lowest BCUT2D eigenvalue weighted by atomic mass is 10.0. The number of rotatable bonds is 4. The number of hydrogen-bond donors (Lipinski definition) is 0. The zero-order valence-electron chi connectivity index (χ0n) is 12.2. The molecule has 1 aliphatic heterocycles. The largest absolute Gasteiger partial charge is 0.381 e. The smallest absolute Gasteiger partial charge is 0.0495 e. The third kappa shape index (κ3) is 3.82. The van der Waals surface area contributed by atoms with Crippen LogP contribution in [0, 0.1) is 11.8 Å². The van der Waals surface area contributed by atoms with Crippen LogP contribution in [0.2, 0.25) is 45.3 Å². The Balaban J connectivity index is 2.72. The van der Waals surface area contributed by atoms with Crippen LogP contribution < -0.4 is 0 Å². The molecule has 0 saturated carbocycles. The summed E-state index contributed by atoms with van der Waals surface area (Å²) in [6.07, 6.45) is 0. The highest BCUT2D eigenvalue weighted by atomic mass is 29.6. The van der Waals surface area contributed by atoms with Crippen molar-refractivity contribution in [2.24, 2.45) is 11.8 Å². The fourth-order valence-corrected chi connectivity index (χ4v) is 39.7. The van der Waals surface area contributed by atoms with E-state index in [0.29, 0.717) is 0 Å². The Morgan fingerprint density at radius 2 is 1.50 bits per heavy atom. The first kappa shape index (κ1) is 14.7. The van der Waals surface area contributed by atoms with Gasteiger partial charge in [-0.05, 0) is 11.8 Å². The molecule has 95 valence electrons. The van der Waals surface area contributed by atoms with Crippen LogP contribution in [-0.4, -0.2) is 36.2 Å². The van der Waals surface area contributed by atoms with Gasteiger partial charge >= 0.3 is 0 Å². The van der Waals surface area contributed by atoms with Crippen molar-refractivity contribution in [1.29, 1.82) is 0 Å². The molecule has 1 radical (unpaired) electrons. The van der Waals surface area contributed by atoms with Crippen LogP contribution in [-0.2, 0) is 4.74 Å². The van der Waals surface area contributed by atoms with E-state index in [9.17, 15) is 0 Å². The predicted molar refractivity (Wildman–Crippen MR) is 80.7 cm³/mol. The molecular weight excluding hydrogens is 244 g/mol. The molecule has 1 heterocycles. The predicted octanol–water partition coefficient (Wildman–Crippen LogP) is 3.60. The Kier molecular flexibility index (Phi) is 4.66. The molecule has 1 fully saturated rings. The van der Waals surface area contributed by atoms with Crippen LogP contribution in [0.25, 0.3) is 0 Å². The Hall–Kier alpha value is 0.611. The summed E-state index contributed by atoms with van der Waals surface area (Å²) in [6, 6.07) is 1.54. The first-order valence-corrected chi connectivity index (χ1v) is 17.3. The zero-order valence-corrected chi connectivity index (χ0v) is 15.2. The SMILES string of the molecule is CC1COC[C@@H]1C[Si]([Si](C)(C)C)[Si](C)(C)C. The third-order valence-corrected chi connectivity index (χ3v) is 33.9. The summed E-state index contributed by atoms with van der Waals surface area (Å²) in [7, 11) is -1.92. The van der Waals surface area contributed by atoms with Gasteiger partial charge in [0.05, 0.1) is 0 Å². The van der Waals surface area contributed by atoms with E-state index in [0.717, 1.165) is 25.0 Å². The molecule has 0 spiro atoms. The first-order valence-electron chi connectivity index (χ1n) is 6.57. The second kappa shape index (κ2) is 5.08. The van der Waals surface area contributed by atoms with E-state index in [4.69, 9.17) is 4.74 Å². The van der Waals surface area contributed by atoms with Gasteiger partial charge in [0.25, 0.3) is 0 Å². The second-order valence-electron chi connectivity index (χ2n) is 7.46. The van der Waals surface area contributed by atoms with Gasteiger partial charge < -0.3 is 4.74 Å². The maximum absolute atomic E-state index is 5.64. The van der Waals surface area contributed by atoms with E-state index >= 15 is 0 Å². The van der Waals surface area contributed by atoms with Crippen molar-refractivity contribution in [3.63, 3.8) is 0 Å². The van der Waals surface area contributed by atoms with Gasteiger partial charge in [-0.1, -0.05) is 52.2 Å². The lowest BCUT2D eigenvalue weighted by Crippen LogP contribution is -2.59. The average molecular weight is 274 g/mol. The van der Waals surface area contributed by atoms with E-state index in [1.807, 2.05) is 0 Å². The van der Waals surface area contributed by atoms with Crippen molar-refractivity contribution in [3.8, 4) is 0 Å². The Labute approximate surface area is 105 Å². The normalized spacial score (nSPS) is 27.8. The highest BCUT2D eigenvalue weighted by Crippen LogP contribution is 2.31. The second-order valence-corrected chi connectivity index (χ2v) is 31.9. The zero-order chi connectivity index (χ0) is 12.6. The maximum atomic E-state index is 5.64. The van der Waals surface area contributed by atoms with Crippen LogP contribution in [0.3, 0.4) is 0 Å². The van der Waals surface area contributed by atoms with Gasteiger partial charge in [0, 0.05) is 36.2 Å². The number of hydrogen-bond acceptors (Lipinski definition) is 1. The van der Waals surface area contributed by atoms with Gasteiger partial charge in [-0.15, -0.1) is 0 Å². The van der Waals surface area contributed by atoms with Crippen LogP contribution in [0.5, 0.6) is 0 Å². The quantitative estimate of drug-likeness (QED) is 0.711. The lowest BCUT2D eigenvalue weighted by molar-refractivity contribution is 0.183. The lowest BCUT2D eigenvalue weighted by Gasteiger charge is -2.39. The molecule has 0 bridgehead atoms. The molecule has 0 amide bonds. The van der Waals surface area contributed by atoms with Gasteiger partial charge in [-0.25, -0.2) is 0 Å². The fourth-order valence-electron chi connectivity index (χ4n) is 2.97. The molecule has 0 aromatic carbocycles. The standard InChI is InChI=1S/C12H29OSi3/c1-11-8-13-9-12(11)10-14(15(2,3)4)16(5,6)7/h11-12H,8-10H2,1-7H3/t11?,12-/m1/s1. The van der Waals surface area contributed by atoms with E-state index in [1.54, 1.807) is 0 Å². The minimum absolute atomic E-state index is 0.0934. The molecule has 4 heteroatoms. The first-order chi connectivity index (χ1) is 7.12. The summed E-state index contributed by atoms with van der Waals surface area (Å²) in [4.78, 5) is 0. The summed E-state index contributed by atoms with van der Waals surface area (Å²) in [5.74, 6) is 1.69. The highest BCUT2D eigenvalue weighted by Gasteiger charge is 2.41. The summed E-state index contributed by atoms with van der Waals surface area (Å²) in [6.45, 7) is 20.0. The van der Waals surface area contributed by atoms with E-state index in [2.05, 4.69) is 46.2 Å². The minimum atomic E-state index is -0.911. The van der Waals surface area contributed by atoms with Gasteiger partial charge in [-0.3, -0.25) is 0 Å².